The fraction of sp³-hybridized carbons (Fsp3) is 0.429. The second-order valence-electron chi connectivity index (χ2n) is 4.65. The molecule has 1 aromatic carbocycles. The Morgan fingerprint density at radius 3 is 2.37 bits per heavy atom. The number of carbonyl (C=O) groups is 2. The average Bonchev–Trinajstić information content (AvgIpc) is 2.38. The number of benzene rings is 1. The molecule has 2 atom stereocenters. The molecule has 1 unspecified atom stereocenters. The predicted octanol–water partition coefficient (Wildman–Crippen LogP) is 1.10. The quantitative estimate of drug-likeness (QED) is 0.807. The summed E-state index contributed by atoms with van der Waals surface area (Å²) in [6.07, 6.45) is 0. The third-order valence-electron chi connectivity index (χ3n) is 3.04. The van der Waals surface area contributed by atoms with E-state index < -0.39 is 12.0 Å². The Bertz CT molecular complexity index is 434. The zero-order chi connectivity index (χ0) is 14.4. The number of carboxylic acids is 1. The summed E-state index contributed by atoms with van der Waals surface area (Å²) in [6, 6.07) is 8.54. The van der Waals surface area contributed by atoms with Crippen molar-refractivity contribution in [1.29, 1.82) is 0 Å². The van der Waals surface area contributed by atoms with Crippen LogP contribution in [0.5, 0.6) is 0 Å². The minimum atomic E-state index is -1.04. The largest absolute Gasteiger partial charge is 0.480 e. The van der Waals surface area contributed by atoms with Crippen LogP contribution in [0.3, 0.4) is 0 Å². The summed E-state index contributed by atoms with van der Waals surface area (Å²) in [5.41, 5.74) is 1.11. The van der Waals surface area contributed by atoms with E-state index in [9.17, 15) is 9.59 Å². The van der Waals surface area contributed by atoms with E-state index >= 15 is 0 Å². The van der Waals surface area contributed by atoms with Gasteiger partial charge in [-0.05, 0) is 26.5 Å². The minimum Gasteiger partial charge on any atom is -0.480 e. The number of hydrogen-bond donors (Lipinski definition) is 2. The number of aliphatic carboxylic acids is 1. The highest BCUT2D eigenvalue weighted by Crippen LogP contribution is 2.06. The Morgan fingerprint density at radius 1 is 1.26 bits per heavy atom. The molecule has 0 bridgehead atoms. The van der Waals surface area contributed by atoms with Crippen LogP contribution in [-0.4, -0.2) is 41.0 Å². The molecule has 0 aromatic heterocycles. The first kappa shape index (κ1) is 15.2. The molecule has 5 nitrogen and oxygen atoms in total. The van der Waals surface area contributed by atoms with E-state index in [1.54, 1.807) is 6.92 Å². The van der Waals surface area contributed by atoms with Crippen LogP contribution in [-0.2, 0) is 16.1 Å². The highest BCUT2D eigenvalue weighted by atomic mass is 16.4. The molecule has 19 heavy (non-hydrogen) atoms. The van der Waals surface area contributed by atoms with Gasteiger partial charge in [-0.1, -0.05) is 30.3 Å². The topological polar surface area (TPSA) is 69.6 Å². The van der Waals surface area contributed by atoms with Crippen LogP contribution in [0.2, 0.25) is 0 Å². The van der Waals surface area contributed by atoms with Gasteiger partial charge in [0.2, 0.25) is 5.91 Å². The number of amides is 1. The lowest BCUT2D eigenvalue weighted by Crippen LogP contribution is -2.48. The summed E-state index contributed by atoms with van der Waals surface area (Å²) in [5.74, 6) is -1.32. The molecule has 0 radical (unpaired) electrons. The van der Waals surface area contributed by atoms with Crippen molar-refractivity contribution in [1.82, 2.24) is 10.2 Å². The Balaban J connectivity index is 2.54. The lowest BCUT2D eigenvalue weighted by molar-refractivity contribution is -0.142. The van der Waals surface area contributed by atoms with E-state index in [0.717, 1.165) is 5.56 Å². The first-order valence-electron chi connectivity index (χ1n) is 6.19. The molecule has 0 spiro atoms. The first-order chi connectivity index (χ1) is 8.91. The lowest BCUT2D eigenvalue weighted by atomic mass is 10.2. The van der Waals surface area contributed by atoms with Gasteiger partial charge in [-0.2, -0.15) is 0 Å². The maximum absolute atomic E-state index is 11.9. The van der Waals surface area contributed by atoms with E-state index in [2.05, 4.69) is 5.32 Å². The Kier molecular flexibility index (Phi) is 5.51. The number of hydrogen-bond acceptors (Lipinski definition) is 3. The van der Waals surface area contributed by atoms with E-state index in [1.165, 1.54) is 6.92 Å². The van der Waals surface area contributed by atoms with Gasteiger partial charge in [0.1, 0.15) is 6.04 Å². The molecule has 0 saturated heterocycles. The monoisotopic (exact) mass is 264 g/mol. The standard InChI is InChI=1S/C14H20N2O3/c1-10(14(18)19)15-13(17)11(2)16(3)9-12-7-5-4-6-8-12/h4-8,10-11H,9H2,1-3H3,(H,15,17)(H,18,19)/t10-,11?/m0/s1. The van der Waals surface area contributed by atoms with Gasteiger partial charge in [0, 0.05) is 6.54 Å². The second kappa shape index (κ2) is 6.89. The van der Waals surface area contributed by atoms with Crippen molar-refractivity contribution < 1.29 is 14.7 Å². The normalized spacial score (nSPS) is 13.9. The van der Waals surface area contributed by atoms with E-state index in [0.29, 0.717) is 6.54 Å². The van der Waals surface area contributed by atoms with Crippen LogP contribution in [0.25, 0.3) is 0 Å². The van der Waals surface area contributed by atoms with Gasteiger partial charge in [0.15, 0.2) is 0 Å². The Hall–Kier alpha value is -1.88. The van der Waals surface area contributed by atoms with Gasteiger partial charge < -0.3 is 10.4 Å². The molecule has 5 heteroatoms. The summed E-state index contributed by atoms with van der Waals surface area (Å²) >= 11 is 0. The van der Waals surface area contributed by atoms with Gasteiger partial charge in [0.05, 0.1) is 6.04 Å². The molecule has 1 rings (SSSR count). The third-order valence-corrected chi connectivity index (χ3v) is 3.04. The second-order valence-corrected chi connectivity index (χ2v) is 4.65. The van der Waals surface area contributed by atoms with Crippen LogP contribution < -0.4 is 5.32 Å². The lowest BCUT2D eigenvalue weighted by Gasteiger charge is -2.24. The van der Waals surface area contributed by atoms with Crippen molar-refractivity contribution in [2.24, 2.45) is 0 Å². The average molecular weight is 264 g/mol. The minimum absolute atomic E-state index is 0.284. The fourth-order valence-electron chi connectivity index (χ4n) is 1.60. The van der Waals surface area contributed by atoms with Gasteiger partial charge in [0.25, 0.3) is 0 Å². The number of carbonyl (C=O) groups excluding carboxylic acids is 1. The molecule has 1 aromatic rings. The number of likely N-dealkylation sites (N-methyl/N-ethyl adjacent to an activating group) is 1. The Morgan fingerprint density at radius 2 is 1.84 bits per heavy atom. The maximum Gasteiger partial charge on any atom is 0.325 e. The van der Waals surface area contributed by atoms with E-state index in [4.69, 9.17) is 5.11 Å². The van der Waals surface area contributed by atoms with Crippen LogP contribution in [0.15, 0.2) is 30.3 Å². The van der Waals surface area contributed by atoms with Crippen molar-refractivity contribution in [3.63, 3.8) is 0 Å². The summed E-state index contributed by atoms with van der Waals surface area (Å²) in [4.78, 5) is 24.4. The van der Waals surface area contributed by atoms with E-state index in [1.807, 2.05) is 42.3 Å². The van der Waals surface area contributed by atoms with E-state index in [-0.39, 0.29) is 11.9 Å². The molecule has 0 fully saturated rings. The molecule has 2 N–H and O–H groups in total. The summed E-state index contributed by atoms with van der Waals surface area (Å²) < 4.78 is 0. The molecular weight excluding hydrogens is 244 g/mol. The summed E-state index contributed by atoms with van der Waals surface area (Å²) in [6.45, 7) is 3.84. The highest BCUT2D eigenvalue weighted by Gasteiger charge is 2.21. The zero-order valence-corrected chi connectivity index (χ0v) is 11.5. The molecule has 0 saturated carbocycles. The van der Waals surface area contributed by atoms with Crippen molar-refractivity contribution in [2.45, 2.75) is 32.5 Å². The molecule has 104 valence electrons. The van der Waals surface area contributed by atoms with Crippen molar-refractivity contribution >= 4 is 11.9 Å². The highest BCUT2D eigenvalue weighted by molar-refractivity contribution is 5.86. The zero-order valence-electron chi connectivity index (χ0n) is 11.5. The molecule has 0 aliphatic heterocycles. The number of nitrogens with one attached hydrogen (secondary N) is 1. The number of nitrogens with zero attached hydrogens (tertiary/aromatic N) is 1. The smallest absolute Gasteiger partial charge is 0.325 e. The van der Waals surface area contributed by atoms with Crippen molar-refractivity contribution in [2.75, 3.05) is 7.05 Å². The van der Waals surface area contributed by atoms with Gasteiger partial charge in [-0.3, -0.25) is 14.5 Å². The predicted molar refractivity (Wildman–Crippen MR) is 72.6 cm³/mol. The van der Waals surface area contributed by atoms with Crippen LogP contribution in [0.1, 0.15) is 19.4 Å². The van der Waals surface area contributed by atoms with Crippen molar-refractivity contribution in [3.8, 4) is 0 Å². The number of rotatable bonds is 6. The molecule has 1 amide bonds. The molecule has 0 aliphatic carbocycles. The Labute approximate surface area is 113 Å². The maximum atomic E-state index is 11.9. The van der Waals surface area contributed by atoms with Crippen molar-refractivity contribution in [3.05, 3.63) is 35.9 Å². The molecular formula is C14H20N2O3. The fourth-order valence-corrected chi connectivity index (χ4v) is 1.60. The van der Waals surface area contributed by atoms with Gasteiger partial charge in [-0.15, -0.1) is 0 Å². The molecule has 0 aliphatic rings. The summed E-state index contributed by atoms with van der Waals surface area (Å²) in [7, 11) is 1.84. The third kappa shape index (κ3) is 4.71. The SMILES string of the molecule is CC(C(=O)N[C@@H](C)C(=O)O)N(C)Cc1ccccc1. The molecule has 0 heterocycles. The summed E-state index contributed by atoms with van der Waals surface area (Å²) in [5, 5.41) is 11.2. The van der Waals surface area contributed by atoms with Crippen LogP contribution in [0, 0.1) is 0 Å². The van der Waals surface area contributed by atoms with Crippen LogP contribution >= 0.6 is 0 Å². The number of carboxylic acid groups (broad SMARTS) is 1. The first-order valence-corrected chi connectivity index (χ1v) is 6.19. The van der Waals surface area contributed by atoms with Gasteiger partial charge >= 0.3 is 5.97 Å². The van der Waals surface area contributed by atoms with Crippen LogP contribution in [0.4, 0.5) is 0 Å². The van der Waals surface area contributed by atoms with Gasteiger partial charge in [-0.25, -0.2) is 0 Å².